The lowest BCUT2D eigenvalue weighted by atomic mass is 10.2. The van der Waals surface area contributed by atoms with Crippen LogP contribution in [0.4, 0.5) is 17.6 Å². The average molecular weight is 306 g/mol. The molecule has 110 valence electrons. The predicted molar refractivity (Wildman–Crippen MR) is 68.8 cm³/mol. The van der Waals surface area contributed by atoms with E-state index >= 15 is 0 Å². The van der Waals surface area contributed by atoms with Crippen molar-refractivity contribution < 1.29 is 27.1 Å². The molecule has 0 aliphatic heterocycles. The fourth-order valence-corrected chi connectivity index (χ4v) is 7.31. The summed E-state index contributed by atoms with van der Waals surface area (Å²) in [5.74, 6) is -4.12. The quantitative estimate of drug-likeness (QED) is 0.524. The van der Waals surface area contributed by atoms with Gasteiger partial charge in [0.05, 0.1) is 6.61 Å². The topological polar surface area (TPSA) is 29.5 Å². The maximum atomic E-state index is 13.3. The maximum absolute atomic E-state index is 13.3. The Hall–Kier alpha value is 0.0738. The molecule has 0 aromatic rings. The van der Waals surface area contributed by atoms with E-state index in [-0.39, 0.29) is 6.04 Å². The lowest BCUT2D eigenvalue weighted by molar-refractivity contribution is -0.346. The molecule has 0 aromatic carbocycles. The van der Waals surface area contributed by atoms with Crippen molar-refractivity contribution in [2.45, 2.75) is 56.6 Å². The Morgan fingerprint density at radius 2 is 1.72 bits per heavy atom. The molecule has 0 aliphatic rings. The number of hydrogen-bond acceptors (Lipinski definition) is 2. The van der Waals surface area contributed by atoms with E-state index in [1.807, 2.05) is 13.1 Å². The van der Waals surface area contributed by atoms with Gasteiger partial charge in [-0.15, -0.1) is 0 Å². The zero-order valence-corrected chi connectivity index (χ0v) is 13.5. The number of hydrogen-bond donors (Lipinski definition) is 1. The van der Waals surface area contributed by atoms with Crippen LogP contribution in [0, 0.1) is 0 Å². The fourth-order valence-electron chi connectivity index (χ4n) is 1.61. The Morgan fingerprint density at radius 3 is 2.17 bits per heavy atom. The van der Waals surface area contributed by atoms with Crippen LogP contribution in [-0.2, 0) is 4.74 Å². The summed E-state index contributed by atoms with van der Waals surface area (Å²) in [6.45, 7) is 4.58. The highest BCUT2D eigenvalue weighted by Crippen LogP contribution is 2.40. The van der Waals surface area contributed by atoms with E-state index < -0.39 is 42.9 Å². The van der Waals surface area contributed by atoms with Gasteiger partial charge in [-0.1, -0.05) is 25.2 Å². The molecule has 0 atom stereocenters. The normalized spacial score (nSPS) is 14.7. The number of halogens is 4. The Balaban J connectivity index is 4.41. The molecule has 0 bridgehead atoms. The molecular weight excluding hydrogens is 284 g/mol. The van der Waals surface area contributed by atoms with Crippen molar-refractivity contribution in [2.24, 2.45) is 0 Å². The van der Waals surface area contributed by atoms with Crippen LogP contribution in [-0.4, -0.2) is 41.3 Å². The number of ether oxygens (including phenoxy) is 1. The molecule has 0 spiro atoms. The van der Waals surface area contributed by atoms with Crippen molar-refractivity contribution in [1.29, 1.82) is 0 Å². The van der Waals surface area contributed by atoms with Gasteiger partial charge in [-0.05, 0) is 13.0 Å². The first-order chi connectivity index (χ1) is 8.08. The summed E-state index contributed by atoms with van der Waals surface area (Å²) in [7, 11) is -3.01. The van der Waals surface area contributed by atoms with Crippen LogP contribution in [0.2, 0.25) is 31.2 Å². The molecule has 0 saturated carbocycles. The molecular formula is C10H22F4O2Si2. The third-order valence-electron chi connectivity index (χ3n) is 2.88. The minimum absolute atomic E-state index is 0.108. The van der Waals surface area contributed by atoms with Crippen molar-refractivity contribution in [2.75, 3.05) is 6.61 Å². The molecule has 1 N–H and O–H groups in total. The first-order valence-corrected chi connectivity index (χ1v) is 11.1. The lowest BCUT2D eigenvalue weighted by Crippen LogP contribution is -2.44. The molecule has 0 aliphatic carbocycles. The van der Waals surface area contributed by atoms with Gasteiger partial charge in [0.25, 0.3) is 0 Å². The van der Waals surface area contributed by atoms with E-state index in [0.717, 1.165) is 0 Å². The van der Waals surface area contributed by atoms with Gasteiger partial charge in [0.1, 0.15) is 0 Å². The number of alkyl halides is 4. The lowest BCUT2D eigenvalue weighted by Gasteiger charge is -2.29. The van der Waals surface area contributed by atoms with E-state index in [1.165, 1.54) is 6.92 Å². The Kier molecular flexibility index (Phi) is 7.05. The minimum atomic E-state index is -4.39. The molecule has 8 heteroatoms. The van der Waals surface area contributed by atoms with Crippen molar-refractivity contribution in [1.82, 2.24) is 0 Å². The second-order valence-corrected chi connectivity index (χ2v) is 11.6. The van der Waals surface area contributed by atoms with Crippen molar-refractivity contribution in [3.05, 3.63) is 0 Å². The van der Waals surface area contributed by atoms with E-state index in [9.17, 15) is 17.6 Å². The Bertz CT molecular complexity index is 250. The summed E-state index contributed by atoms with van der Waals surface area (Å²) in [4.78, 5) is 8.83. The van der Waals surface area contributed by atoms with Gasteiger partial charge in [0.15, 0.2) is 9.76 Å². The van der Waals surface area contributed by atoms with Crippen LogP contribution in [0.15, 0.2) is 0 Å². The highest BCUT2D eigenvalue weighted by molar-refractivity contribution is 6.77. The highest BCUT2D eigenvalue weighted by atomic mass is 28.3. The third kappa shape index (κ3) is 5.81. The Labute approximate surface area is 109 Å². The van der Waals surface area contributed by atoms with Gasteiger partial charge >= 0.3 is 12.0 Å². The predicted octanol–water partition coefficient (Wildman–Crippen LogP) is 2.84. The molecule has 0 saturated heterocycles. The first kappa shape index (κ1) is 18.1. The zero-order chi connectivity index (χ0) is 14.4. The molecule has 0 aromatic heterocycles. The zero-order valence-electron chi connectivity index (χ0n) is 11.1. The summed E-state index contributed by atoms with van der Waals surface area (Å²) in [6, 6.07) is 1.50. The van der Waals surface area contributed by atoms with Crippen molar-refractivity contribution in [3.63, 3.8) is 0 Å². The maximum Gasteiger partial charge on any atom is 0.419 e. The Morgan fingerprint density at radius 1 is 1.17 bits per heavy atom. The fraction of sp³-hybridized carbons (Fsp3) is 1.00. The highest BCUT2D eigenvalue weighted by Gasteiger charge is 2.57. The van der Waals surface area contributed by atoms with Crippen molar-refractivity contribution >= 4 is 17.8 Å². The molecule has 18 heavy (non-hydrogen) atoms. The van der Waals surface area contributed by atoms with Gasteiger partial charge in [-0.3, -0.25) is 0 Å². The number of rotatable bonds is 9. The SMILES string of the molecule is CCOC(F)(F)C(F)(F)CC[Si](C)(C)CC[SiH2]O. The molecule has 0 amide bonds. The summed E-state index contributed by atoms with van der Waals surface area (Å²) in [5, 5.41) is 0. The molecule has 0 heterocycles. The summed E-state index contributed by atoms with van der Waals surface area (Å²) >= 11 is 0. The average Bonchev–Trinajstić information content (AvgIpc) is 2.24. The van der Waals surface area contributed by atoms with Gasteiger partial charge < -0.3 is 9.53 Å². The van der Waals surface area contributed by atoms with Crippen LogP contribution < -0.4 is 0 Å². The van der Waals surface area contributed by atoms with Crippen LogP contribution in [0.5, 0.6) is 0 Å². The van der Waals surface area contributed by atoms with Crippen molar-refractivity contribution in [3.8, 4) is 0 Å². The van der Waals surface area contributed by atoms with Crippen LogP contribution in [0.25, 0.3) is 0 Å². The summed E-state index contributed by atoms with van der Waals surface area (Å²) < 4.78 is 56.6. The third-order valence-corrected chi connectivity index (χ3v) is 7.57. The van der Waals surface area contributed by atoms with E-state index in [2.05, 4.69) is 4.74 Å². The summed E-state index contributed by atoms with van der Waals surface area (Å²) in [5.41, 5.74) is 0. The molecule has 0 rings (SSSR count). The molecule has 2 nitrogen and oxygen atoms in total. The largest absolute Gasteiger partial charge is 0.438 e. The van der Waals surface area contributed by atoms with E-state index in [4.69, 9.17) is 4.80 Å². The second kappa shape index (κ2) is 7.02. The minimum Gasteiger partial charge on any atom is -0.438 e. The van der Waals surface area contributed by atoms with Crippen LogP contribution in [0.1, 0.15) is 13.3 Å². The van der Waals surface area contributed by atoms with Gasteiger partial charge in [-0.25, -0.2) is 0 Å². The smallest absolute Gasteiger partial charge is 0.419 e. The molecule has 0 radical (unpaired) electrons. The first-order valence-electron chi connectivity index (χ1n) is 6.08. The molecule has 0 unspecified atom stereocenters. The summed E-state index contributed by atoms with van der Waals surface area (Å²) in [6.07, 6.45) is -5.25. The van der Waals surface area contributed by atoms with Crippen LogP contribution >= 0.6 is 0 Å². The van der Waals surface area contributed by atoms with Gasteiger partial charge in [-0.2, -0.15) is 17.6 Å². The van der Waals surface area contributed by atoms with Gasteiger partial charge in [0, 0.05) is 14.5 Å². The molecule has 0 fully saturated rings. The second-order valence-electron chi connectivity index (χ2n) is 5.15. The monoisotopic (exact) mass is 306 g/mol. The van der Waals surface area contributed by atoms with Crippen LogP contribution in [0.3, 0.4) is 0 Å². The standard InChI is InChI=1S/C10H22F4O2Si2/c1-4-16-10(13,14)9(11,12)5-7-18(2,3)8-6-17-15/h15H,4-8,17H2,1-3H3. The van der Waals surface area contributed by atoms with Gasteiger partial charge in [0.2, 0.25) is 0 Å². The van der Waals surface area contributed by atoms with E-state index in [1.54, 1.807) is 0 Å². The van der Waals surface area contributed by atoms with E-state index in [0.29, 0.717) is 12.1 Å².